The summed E-state index contributed by atoms with van der Waals surface area (Å²) < 4.78 is 12.5. The number of hydrogen-bond acceptors (Lipinski definition) is 4. The smallest absolute Gasteiger partial charge is 0.265 e. The minimum atomic E-state index is -0.464. The number of halogens is 2. The highest BCUT2D eigenvalue weighted by Gasteiger charge is 2.23. The van der Waals surface area contributed by atoms with Crippen LogP contribution in [0.4, 0.5) is 11.4 Å². The van der Waals surface area contributed by atoms with Crippen molar-refractivity contribution in [2.24, 2.45) is 0 Å². The predicted molar refractivity (Wildman–Crippen MR) is 86.6 cm³/mol. The molecular formula is C14H12Br2N2O3. The molecule has 0 aliphatic carbocycles. The molecule has 21 heavy (non-hydrogen) atoms. The summed E-state index contributed by atoms with van der Waals surface area (Å²) in [7, 11) is 0. The lowest BCUT2D eigenvalue weighted by atomic mass is 10.2. The average Bonchev–Trinajstić information content (AvgIpc) is 2.77. The van der Waals surface area contributed by atoms with Crippen LogP contribution in [0.2, 0.25) is 0 Å². The summed E-state index contributed by atoms with van der Waals surface area (Å²) in [5.74, 6) is 1.33. The molecule has 1 unspecified atom stereocenters. The minimum Gasteiger partial charge on any atom is -0.479 e. The quantitative estimate of drug-likeness (QED) is 0.790. The molecule has 0 bridgehead atoms. The Kier molecular flexibility index (Phi) is 3.95. The Balaban J connectivity index is 1.72. The fourth-order valence-corrected chi connectivity index (χ4v) is 2.65. The van der Waals surface area contributed by atoms with Crippen molar-refractivity contribution in [3.05, 3.63) is 39.2 Å². The zero-order valence-electron chi connectivity index (χ0n) is 11.1. The third-order valence-corrected chi connectivity index (χ3v) is 4.78. The van der Waals surface area contributed by atoms with Crippen LogP contribution in [0.1, 0.15) is 12.7 Å². The second-order valence-electron chi connectivity index (χ2n) is 4.65. The minimum absolute atomic E-state index is 0.140. The van der Waals surface area contributed by atoms with Crippen molar-refractivity contribution >= 4 is 49.1 Å². The molecule has 5 nitrogen and oxygen atoms in total. The first-order valence-corrected chi connectivity index (χ1v) is 7.90. The topological polar surface area (TPSA) is 63.5 Å². The fourth-order valence-electron chi connectivity index (χ4n) is 1.99. The normalized spacial score (nSPS) is 16.9. The molecule has 0 fully saturated rings. The van der Waals surface area contributed by atoms with Crippen LogP contribution in [0.5, 0.6) is 5.75 Å². The molecule has 3 rings (SSSR count). The monoisotopic (exact) mass is 414 g/mol. The number of rotatable bonds is 3. The maximum atomic E-state index is 11.6. The Morgan fingerprint density at radius 3 is 2.86 bits per heavy atom. The second-order valence-corrected chi connectivity index (χ2v) is 6.22. The summed E-state index contributed by atoms with van der Waals surface area (Å²) in [6.45, 7) is 2.26. The van der Waals surface area contributed by atoms with Crippen molar-refractivity contribution in [3.8, 4) is 5.75 Å². The van der Waals surface area contributed by atoms with E-state index in [1.807, 2.05) is 24.3 Å². The largest absolute Gasteiger partial charge is 0.479 e. The third kappa shape index (κ3) is 3.08. The van der Waals surface area contributed by atoms with Crippen LogP contribution in [0.3, 0.4) is 0 Å². The summed E-state index contributed by atoms with van der Waals surface area (Å²) >= 11 is 6.67. The van der Waals surface area contributed by atoms with Gasteiger partial charge in [0.15, 0.2) is 10.8 Å². The van der Waals surface area contributed by atoms with Crippen molar-refractivity contribution in [2.45, 2.75) is 19.6 Å². The second kappa shape index (κ2) is 5.73. The molecule has 0 spiro atoms. The average molecular weight is 416 g/mol. The number of benzene rings is 1. The number of ether oxygens (including phenoxy) is 1. The number of hydrogen-bond donors (Lipinski definition) is 2. The van der Waals surface area contributed by atoms with Crippen LogP contribution in [-0.4, -0.2) is 12.0 Å². The Bertz CT molecular complexity index is 680. The van der Waals surface area contributed by atoms with Crippen LogP contribution in [-0.2, 0) is 11.3 Å². The number of carbonyl (C=O) groups is 1. The van der Waals surface area contributed by atoms with Gasteiger partial charge in [0.25, 0.3) is 5.91 Å². The lowest BCUT2D eigenvalue weighted by Gasteiger charge is -2.23. The lowest BCUT2D eigenvalue weighted by molar-refractivity contribution is -0.122. The van der Waals surface area contributed by atoms with E-state index in [2.05, 4.69) is 42.5 Å². The Morgan fingerprint density at radius 1 is 1.33 bits per heavy atom. The van der Waals surface area contributed by atoms with Gasteiger partial charge in [0.1, 0.15) is 11.5 Å². The number of furan rings is 1. The summed E-state index contributed by atoms with van der Waals surface area (Å²) in [4.78, 5) is 11.6. The van der Waals surface area contributed by atoms with Crippen LogP contribution in [0, 0.1) is 0 Å². The lowest BCUT2D eigenvalue weighted by Crippen LogP contribution is -2.34. The SMILES string of the molecule is CC1Oc2ccc(NCc3cc(Br)c(Br)o3)cc2NC1=O. The first kappa shape index (κ1) is 14.5. The van der Waals surface area contributed by atoms with Gasteiger partial charge in [-0.25, -0.2) is 0 Å². The molecule has 1 aliphatic rings. The molecule has 2 aromatic rings. The zero-order valence-corrected chi connectivity index (χ0v) is 14.2. The van der Waals surface area contributed by atoms with Crippen molar-refractivity contribution in [2.75, 3.05) is 10.6 Å². The Morgan fingerprint density at radius 2 is 2.14 bits per heavy atom. The summed E-state index contributed by atoms with van der Waals surface area (Å²) in [6.07, 6.45) is -0.464. The van der Waals surface area contributed by atoms with Gasteiger partial charge in [-0.2, -0.15) is 0 Å². The van der Waals surface area contributed by atoms with Gasteiger partial charge in [-0.1, -0.05) is 0 Å². The Hall–Kier alpha value is -1.47. The molecule has 1 aromatic carbocycles. The molecule has 2 heterocycles. The molecule has 0 radical (unpaired) electrons. The van der Waals surface area contributed by atoms with E-state index in [0.29, 0.717) is 22.7 Å². The van der Waals surface area contributed by atoms with E-state index in [9.17, 15) is 4.79 Å². The van der Waals surface area contributed by atoms with Gasteiger partial charge in [0.2, 0.25) is 0 Å². The maximum Gasteiger partial charge on any atom is 0.265 e. The van der Waals surface area contributed by atoms with E-state index in [1.165, 1.54) is 0 Å². The van der Waals surface area contributed by atoms with E-state index in [4.69, 9.17) is 9.15 Å². The molecule has 1 aliphatic heterocycles. The maximum absolute atomic E-state index is 11.6. The van der Waals surface area contributed by atoms with Crippen molar-refractivity contribution < 1.29 is 13.9 Å². The highest BCUT2D eigenvalue weighted by molar-refractivity contribution is 9.13. The molecule has 2 N–H and O–H groups in total. The van der Waals surface area contributed by atoms with E-state index < -0.39 is 6.10 Å². The summed E-state index contributed by atoms with van der Waals surface area (Å²) in [6, 6.07) is 7.46. The third-order valence-electron chi connectivity index (χ3n) is 3.07. The molecule has 1 atom stereocenters. The van der Waals surface area contributed by atoms with E-state index in [1.54, 1.807) is 6.92 Å². The first-order valence-electron chi connectivity index (χ1n) is 6.32. The zero-order chi connectivity index (χ0) is 15.0. The molecule has 110 valence electrons. The van der Waals surface area contributed by atoms with Crippen molar-refractivity contribution in [3.63, 3.8) is 0 Å². The summed E-state index contributed by atoms with van der Waals surface area (Å²) in [5, 5.41) is 6.05. The summed E-state index contributed by atoms with van der Waals surface area (Å²) in [5.41, 5.74) is 1.54. The number of fused-ring (bicyclic) bond motifs is 1. The first-order chi connectivity index (χ1) is 10.0. The van der Waals surface area contributed by atoms with Crippen LogP contribution >= 0.6 is 31.9 Å². The van der Waals surface area contributed by atoms with Gasteiger partial charge in [-0.05, 0) is 63.0 Å². The van der Waals surface area contributed by atoms with Gasteiger partial charge in [-0.3, -0.25) is 4.79 Å². The molecular weight excluding hydrogens is 404 g/mol. The Labute approximate surface area is 138 Å². The number of nitrogens with one attached hydrogen (secondary N) is 2. The molecule has 1 aromatic heterocycles. The number of amides is 1. The van der Waals surface area contributed by atoms with E-state index in [0.717, 1.165) is 15.9 Å². The van der Waals surface area contributed by atoms with Gasteiger partial charge in [-0.15, -0.1) is 0 Å². The van der Waals surface area contributed by atoms with E-state index >= 15 is 0 Å². The van der Waals surface area contributed by atoms with Crippen LogP contribution < -0.4 is 15.4 Å². The van der Waals surface area contributed by atoms with Gasteiger partial charge < -0.3 is 19.8 Å². The van der Waals surface area contributed by atoms with Crippen LogP contribution in [0.25, 0.3) is 0 Å². The highest BCUT2D eigenvalue weighted by atomic mass is 79.9. The molecule has 1 amide bonds. The fraction of sp³-hybridized carbons (Fsp3) is 0.214. The molecule has 7 heteroatoms. The number of carbonyl (C=O) groups excluding carboxylic acids is 1. The van der Waals surface area contributed by atoms with Crippen LogP contribution in [0.15, 0.2) is 37.8 Å². The van der Waals surface area contributed by atoms with Crippen molar-refractivity contribution in [1.82, 2.24) is 0 Å². The molecule has 0 saturated carbocycles. The van der Waals surface area contributed by atoms with Gasteiger partial charge in [0.05, 0.1) is 16.7 Å². The standard InChI is InChI=1S/C14H12Br2N2O3/c1-7-14(19)18-11-4-8(2-3-12(11)20-7)17-6-9-5-10(15)13(16)21-9/h2-5,7,17H,6H2,1H3,(H,18,19). The molecule has 0 saturated heterocycles. The number of anilines is 2. The predicted octanol–water partition coefficient (Wildman–Crippen LogP) is 4.14. The van der Waals surface area contributed by atoms with E-state index in [-0.39, 0.29) is 5.91 Å². The van der Waals surface area contributed by atoms with Gasteiger partial charge in [0, 0.05) is 5.69 Å². The van der Waals surface area contributed by atoms with Crippen molar-refractivity contribution in [1.29, 1.82) is 0 Å². The highest BCUT2D eigenvalue weighted by Crippen LogP contribution is 2.32. The van der Waals surface area contributed by atoms with Gasteiger partial charge >= 0.3 is 0 Å².